The van der Waals surface area contributed by atoms with E-state index in [2.05, 4.69) is 5.32 Å². The number of nitrogens with one attached hydrogen (secondary N) is 1. The first-order valence-corrected chi connectivity index (χ1v) is 10.2. The molecule has 0 radical (unpaired) electrons. The van der Waals surface area contributed by atoms with Crippen LogP contribution in [-0.2, 0) is 9.59 Å². The van der Waals surface area contributed by atoms with E-state index in [-0.39, 0.29) is 24.1 Å². The molecule has 1 N–H and O–H groups in total. The number of thiophene rings is 1. The number of ether oxygens (including phenoxy) is 1. The zero-order valence-corrected chi connectivity index (χ0v) is 16.7. The summed E-state index contributed by atoms with van der Waals surface area (Å²) in [7, 11) is 0. The fraction of sp³-hybridized carbons (Fsp3) is 0.381. The van der Waals surface area contributed by atoms with Crippen LogP contribution in [0.15, 0.2) is 35.7 Å². The first-order valence-electron chi connectivity index (χ1n) is 9.35. The topological polar surface area (TPSA) is 75.7 Å². The smallest absolute Gasteiger partial charge is 0.271 e. The number of benzene rings is 1. The quantitative estimate of drug-likeness (QED) is 0.759. The fourth-order valence-corrected chi connectivity index (χ4v) is 3.88. The van der Waals surface area contributed by atoms with Crippen molar-refractivity contribution < 1.29 is 19.1 Å². The number of carbonyl (C=O) groups is 3. The third kappa shape index (κ3) is 3.67. The van der Waals surface area contributed by atoms with Crippen molar-refractivity contribution >= 4 is 34.6 Å². The van der Waals surface area contributed by atoms with Gasteiger partial charge in [-0.25, -0.2) is 0 Å². The molecule has 0 unspecified atom stereocenters. The Morgan fingerprint density at radius 1 is 1.29 bits per heavy atom. The number of rotatable bonds is 6. The molecule has 1 saturated carbocycles. The van der Waals surface area contributed by atoms with Crippen molar-refractivity contribution in [1.29, 1.82) is 0 Å². The number of carbonyl (C=O) groups excluding carboxylic acids is 3. The molecule has 2 amide bonds. The minimum Gasteiger partial charge on any atom is -0.476 e. The maximum atomic E-state index is 12.9. The molecule has 2 aliphatic rings. The highest BCUT2D eigenvalue weighted by Crippen LogP contribution is 2.38. The van der Waals surface area contributed by atoms with Gasteiger partial charge in [-0.15, -0.1) is 11.3 Å². The molecule has 1 aromatic carbocycles. The minimum atomic E-state index is -1.08. The molecule has 28 heavy (non-hydrogen) atoms. The summed E-state index contributed by atoms with van der Waals surface area (Å²) in [5.41, 5.74) is -0.169. The molecule has 4 rings (SSSR count). The highest BCUT2D eigenvalue weighted by atomic mass is 32.1. The molecule has 2 heterocycles. The number of hydrogen-bond donors (Lipinski definition) is 1. The molecule has 0 saturated heterocycles. The van der Waals surface area contributed by atoms with Crippen molar-refractivity contribution in [3.63, 3.8) is 0 Å². The van der Waals surface area contributed by atoms with E-state index in [4.69, 9.17) is 4.74 Å². The average molecular weight is 398 g/mol. The predicted octanol–water partition coefficient (Wildman–Crippen LogP) is 3.01. The van der Waals surface area contributed by atoms with Gasteiger partial charge in [-0.3, -0.25) is 19.3 Å². The third-order valence-corrected chi connectivity index (χ3v) is 5.84. The van der Waals surface area contributed by atoms with Gasteiger partial charge in [0.25, 0.3) is 5.91 Å². The van der Waals surface area contributed by atoms with Gasteiger partial charge in [-0.2, -0.15) is 0 Å². The molecule has 146 valence electrons. The van der Waals surface area contributed by atoms with E-state index in [1.165, 1.54) is 16.2 Å². The first-order chi connectivity index (χ1) is 13.3. The lowest BCUT2D eigenvalue weighted by molar-refractivity contribution is -0.134. The van der Waals surface area contributed by atoms with E-state index in [0.717, 1.165) is 12.8 Å². The SMILES string of the molecule is CC1(C)Oc2ccc(C(=O)c3cccs3)cc2N(CC(=O)NCC2CC2)C1=O. The number of anilines is 1. The van der Waals surface area contributed by atoms with Crippen LogP contribution in [0.4, 0.5) is 5.69 Å². The molecule has 1 fully saturated rings. The number of fused-ring (bicyclic) bond motifs is 1. The van der Waals surface area contributed by atoms with Crippen LogP contribution >= 0.6 is 11.3 Å². The zero-order valence-electron chi connectivity index (χ0n) is 15.9. The molecule has 0 atom stereocenters. The summed E-state index contributed by atoms with van der Waals surface area (Å²) >= 11 is 1.36. The molecule has 1 aromatic heterocycles. The van der Waals surface area contributed by atoms with Gasteiger partial charge < -0.3 is 10.1 Å². The zero-order chi connectivity index (χ0) is 19.9. The van der Waals surface area contributed by atoms with Crippen molar-refractivity contribution in [3.8, 4) is 5.75 Å². The molecule has 1 aliphatic heterocycles. The maximum Gasteiger partial charge on any atom is 0.271 e. The van der Waals surface area contributed by atoms with E-state index < -0.39 is 5.60 Å². The Bertz CT molecular complexity index is 932. The first kappa shape index (κ1) is 18.7. The molecule has 2 aromatic rings. The summed E-state index contributed by atoms with van der Waals surface area (Å²) in [6.45, 7) is 3.91. The number of amides is 2. The lowest BCUT2D eigenvalue weighted by Gasteiger charge is -2.38. The highest BCUT2D eigenvalue weighted by Gasteiger charge is 2.42. The van der Waals surface area contributed by atoms with Crippen molar-refractivity contribution in [1.82, 2.24) is 5.32 Å². The van der Waals surface area contributed by atoms with Gasteiger partial charge in [0.15, 0.2) is 5.60 Å². The summed E-state index contributed by atoms with van der Waals surface area (Å²) in [4.78, 5) is 40.1. The summed E-state index contributed by atoms with van der Waals surface area (Å²) in [5, 5.41) is 4.74. The Morgan fingerprint density at radius 3 is 2.75 bits per heavy atom. The molecule has 0 bridgehead atoms. The van der Waals surface area contributed by atoms with Crippen molar-refractivity contribution in [2.45, 2.75) is 32.3 Å². The average Bonchev–Trinajstić information content (AvgIpc) is 3.33. The monoisotopic (exact) mass is 398 g/mol. The van der Waals surface area contributed by atoms with E-state index in [1.54, 1.807) is 38.1 Å². The van der Waals surface area contributed by atoms with Crippen molar-refractivity contribution in [2.75, 3.05) is 18.0 Å². The van der Waals surface area contributed by atoms with Gasteiger partial charge >= 0.3 is 0 Å². The second kappa shape index (κ2) is 7.05. The summed E-state index contributed by atoms with van der Waals surface area (Å²) in [5.74, 6) is 0.416. The maximum absolute atomic E-state index is 12.9. The van der Waals surface area contributed by atoms with Crippen LogP contribution in [0.5, 0.6) is 5.75 Å². The van der Waals surface area contributed by atoms with E-state index in [0.29, 0.717) is 34.3 Å². The Morgan fingerprint density at radius 2 is 2.07 bits per heavy atom. The van der Waals surface area contributed by atoms with Crippen molar-refractivity contribution in [3.05, 3.63) is 46.2 Å². The van der Waals surface area contributed by atoms with Gasteiger partial charge in [0.1, 0.15) is 12.3 Å². The molecule has 7 heteroatoms. The Balaban J connectivity index is 1.63. The lowest BCUT2D eigenvalue weighted by atomic mass is 10.0. The van der Waals surface area contributed by atoms with Gasteiger partial charge in [-0.05, 0) is 62.3 Å². The van der Waals surface area contributed by atoms with E-state index in [1.807, 2.05) is 11.4 Å². The van der Waals surface area contributed by atoms with Gasteiger partial charge in [-0.1, -0.05) is 6.07 Å². The second-order valence-electron chi connectivity index (χ2n) is 7.74. The summed E-state index contributed by atoms with van der Waals surface area (Å²) in [6, 6.07) is 8.61. The number of ketones is 1. The summed E-state index contributed by atoms with van der Waals surface area (Å²) < 4.78 is 5.85. The normalized spacial score (nSPS) is 17.6. The molecular weight excluding hydrogens is 376 g/mol. The summed E-state index contributed by atoms with van der Waals surface area (Å²) in [6.07, 6.45) is 2.28. The van der Waals surface area contributed by atoms with E-state index in [9.17, 15) is 14.4 Å². The number of nitrogens with zero attached hydrogens (tertiary/aromatic N) is 1. The fourth-order valence-electron chi connectivity index (χ4n) is 3.20. The van der Waals surface area contributed by atoms with Crippen LogP contribution in [0.3, 0.4) is 0 Å². The highest BCUT2D eigenvalue weighted by molar-refractivity contribution is 7.12. The Hall–Kier alpha value is -2.67. The van der Waals surface area contributed by atoms with Gasteiger partial charge in [0.2, 0.25) is 11.7 Å². The van der Waals surface area contributed by atoms with E-state index >= 15 is 0 Å². The van der Waals surface area contributed by atoms with Crippen molar-refractivity contribution in [2.24, 2.45) is 5.92 Å². The van der Waals surface area contributed by atoms with Crippen LogP contribution in [0, 0.1) is 5.92 Å². The third-order valence-electron chi connectivity index (χ3n) is 4.97. The molecule has 6 nitrogen and oxygen atoms in total. The molecule has 1 aliphatic carbocycles. The largest absolute Gasteiger partial charge is 0.476 e. The molecular formula is C21H22N2O4S. The molecule has 0 spiro atoms. The number of hydrogen-bond acceptors (Lipinski definition) is 5. The minimum absolute atomic E-state index is 0.0952. The van der Waals surface area contributed by atoms with Crippen LogP contribution in [0.25, 0.3) is 0 Å². The Kier molecular flexibility index (Phi) is 4.71. The van der Waals surface area contributed by atoms with Gasteiger partial charge in [0.05, 0.1) is 10.6 Å². The van der Waals surface area contributed by atoms with Crippen LogP contribution in [-0.4, -0.2) is 36.3 Å². The second-order valence-corrected chi connectivity index (χ2v) is 8.69. The lowest BCUT2D eigenvalue weighted by Crippen LogP contribution is -2.55. The predicted molar refractivity (Wildman–Crippen MR) is 107 cm³/mol. The van der Waals surface area contributed by atoms with Crippen LogP contribution in [0.2, 0.25) is 0 Å². The van der Waals surface area contributed by atoms with Crippen LogP contribution in [0.1, 0.15) is 41.9 Å². The standard InChI is InChI=1S/C21H22N2O4S/c1-21(2)20(26)23(12-18(24)22-11-13-5-6-13)15-10-14(7-8-16(15)27-21)19(25)17-4-3-9-28-17/h3-4,7-10,13H,5-6,11-12H2,1-2H3,(H,22,24). The Labute approximate surface area is 167 Å². The van der Waals surface area contributed by atoms with Crippen LogP contribution < -0.4 is 15.0 Å². The van der Waals surface area contributed by atoms with Gasteiger partial charge in [0, 0.05) is 12.1 Å².